The number of halogens is 4. The lowest BCUT2D eigenvalue weighted by Gasteiger charge is -2.16. The summed E-state index contributed by atoms with van der Waals surface area (Å²) in [6.45, 7) is 1.18. The SMILES string of the molecule is CC(CC(F)(F)F)NC(=O)c1ccc(Cl)c(S(N)(=O)=O)c1. The molecular weight excluding hydrogens is 333 g/mol. The normalized spacial score (nSPS) is 13.8. The number of carbonyl (C=O) groups excluding carboxylic acids is 1. The lowest BCUT2D eigenvalue weighted by atomic mass is 10.1. The molecule has 0 aromatic heterocycles. The van der Waals surface area contributed by atoms with Crippen LogP contribution in [-0.2, 0) is 10.0 Å². The Balaban J connectivity index is 2.94. The van der Waals surface area contributed by atoms with Gasteiger partial charge >= 0.3 is 6.18 Å². The van der Waals surface area contributed by atoms with Crippen LogP contribution < -0.4 is 10.5 Å². The molecule has 0 spiro atoms. The molecule has 1 aromatic rings. The minimum absolute atomic E-state index is 0.155. The minimum Gasteiger partial charge on any atom is -0.349 e. The molecule has 1 aromatic carbocycles. The van der Waals surface area contributed by atoms with Crippen molar-refractivity contribution < 1.29 is 26.4 Å². The minimum atomic E-state index is -4.42. The van der Waals surface area contributed by atoms with Crippen LogP contribution in [0.5, 0.6) is 0 Å². The second-order valence-corrected chi connectivity index (χ2v) is 6.32. The van der Waals surface area contributed by atoms with E-state index >= 15 is 0 Å². The highest BCUT2D eigenvalue weighted by molar-refractivity contribution is 7.89. The molecule has 0 fully saturated rings. The van der Waals surface area contributed by atoms with Gasteiger partial charge in [0, 0.05) is 11.6 Å². The number of sulfonamides is 1. The van der Waals surface area contributed by atoms with E-state index in [0.29, 0.717) is 0 Å². The van der Waals surface area contributed by atoms with Crippen LogP contribution in [0.25, 0.3) is 0 Å². The number of carbonyl (C=O) groups is 1. The van der Waals surface area contributed by atoms with Crippen molar-refractivity contribution in [2.45, 2.75) is 30.5 Å². The fourth-order valence-corrected chi connectivity index (χ4v) is 2.64. The zero-order chi connectivity index (χ0) is 16.4. The van der Waals surface area contributed by atoms with Gasteiger partial charge in [0.1, 0.15) is 4.90 Å². The first-order chi connectivity index (χ1) is 9.40. The summed E-state index contributed by atoms with van der Waals surface area (Å²) in [7, 11) is -4.14. The van der Waals surface area contributed by atoms with Crippen LogP contribution in [0.4, 0.5) is 13.2 Å². The van der Waals surface area contributed by atoms with Crippen LogP contribution in [0.2, 0.25) is 5.02 Å². The van der Waals surface area contributed by atoms with E-state index in [2.05, 4.69) is 5.32 Å². The van der Waals surface area contributed by atoms with Crippen molar-refractivity contribution >= 4 is 27.5 Å². The molecule has 10 heteroatoms. The molecule has 0 aliphatic carbocycles. The van der Waals surface area contributed by atoms with E-state index in [4.69, 9.17) is 16.7 Å². The number of hydrogen-bond acceptors (Lipinski definition) is 3. The number of primary sulfonamides is 1. The maximum Gasteiger partial charge on any atom is 0.391 e. The van der Waals surface area contributed by atoms with E-state index in [1.165, 1.54) is 13.0 Å². The molecule has 1 atom stereocenters. The molecule has 0 aliphatic heterocycles. The van der Waals surface area contributed by atoms with Gasteiger partial charge in [0.05, 0.1) is 11.4 Å². The molecule has 0 saturated carbocycles. The number of benzene rings is 1. The van der Waals surface area contributed by atoms with E-state index in [1.54, 1.807) is 0 Å². The Morgan fingerprint density at radius 1 is 1.43 bits per heavy atom. The average Bonchev–Trinajstić information content (AvgIpc) is 2.24. The van der Waals surface area contributed by atoms with Crippen molar-refractivity contribution in [3.8, 4) is 0 Å². The molecule has 1 unspecified atom stereocenters. The van der Waals surface area contributed by atoms with Gasteiger partial charge in [-0.25, -0.2) is 13.6 Å². The zero-order valence-electron chi connectivity index (χ0n) is 10.7. The van der Waals surface area contributed by atoms with Crippen molar-refractivity contribution in [1.82, 2.24) is 5.32 Å². The lowest BCUT2D eigenvalue weighted by molar-refractivity contribution is -0.138. The van der Waals surface area contributed by atoms with Gasteiger partial charge in [0.25, 0.3) is 5.91 Å². The largest absolute Gasteiger partial charge is 0.391 e. The Hall–Kier alpha value is -1.32. The Bertz CT molecular complexity index is 647. The highest BCUT2D eigenvalue weighted by Crippen LogP contribution is 2.23. The van der Waals surface area contributed by atoms with Gasteiger partial charge in [0.15, 0.2) is 0 Å². The van der Waals surface area contributed by atoms with Crippen molar-refractivity contribution in [3.63, 3.8) is 0 Å². The Labute approximate surface area is 124 Å². The summed E-state index contributed by atoms with van der Waals surface area (Å²) in [5, 5.41) is 6.85. The first-order valence-electron chi connectivity index (χ1n) is 5.60. The van der Waals surface area contributed by atoms with Crippen molar-refractivity contribution in [1.29, 1.82) is 0 Å². The third-order valence-electron chi connectivity index (χ3n) is 2.42. The average molecular weight is 345 g/mol. The second-order valence-electron chi connectivity index (χ2n) is 4.38. The predicted molar refractivity (Wildman–Crippen MR) is 70.4 cm³/mol. The number of alkyl halides is 3. The highest BCUT2D eigenvalue weighted by atomic mass is 35.5. The van der Waals surface area contributed by atoms with E-state index in [1.807, 2.05) is 0 Å². The van der Waals surface area contributed by atoms with Gasteiger partial charge in [-0.15, -0.1) is 0 Å². The predicted octanol–water partition coefficient (Wildman–Crippen LogP) is 2.06. The molecule has 0 heterocycles. The Morgan fingerprint density at radius 2 is 2.00 bits per heavy atom. The van der Waals surface area contributed by atoms with Crippen LogP contribution in [0.1, 0.15) is 23.7 Å². The second kappa shape index (κ2) is 6.20. The van der Waals surface area contributed by atoms with E-state index < -0.39 is 39.5 Å². The maximum absolute atomic E-state index is 12.2. The van der Waals surface area contributed by atoms with Crippen LogP contribution in [0.15, 0.2) is 23.1 Å². The summed E-state index contributed by atoms with van der Waals surface area (Å²) in [4.78, 5) is 11.3. The number of amides is 1. The van der Waals surface area contributed by atoms with Crippen LogP contribution in [0, 0.1) is 0 Å². The Morgan fingerprint density at radius 3 is 2.48 bits per heavy atom. The summed E-state index contributed by atoms with van der Waals surface area (Å²) in [5.74, 6) is -0.853. The summed E-state index contributed by atoms with van der Waals surface area (Å²) in [6, 6.07) is 2.07. The lowest BCUT2D eigenvalue weighted by Crippen LogP contribution is -2.36. The van der Waals surface area contributed by atoms with Gasteiger partial charge in [-0.3, -0.25) is 4.79 Å². The van der Waals surface area contributed by atoms with E-state index in [9.17, 15) is 26.4 Å². The fraction of sp³-hybridized carbons (Fsp3) is 0.364. The molecule has 0 saturated heterocycles. The smallest absolute Gasteiger partial charge is 0.349 e. The Kier molecular flexibility index (Phi) is 5.24. The van der Waals surface area contributed by atoms with Crippen molar-refractivity contribution in [2.75, 3.05) is 0 Å². The maximum atomic E-state index is 12.2. The summed E-state index contributed by atoms with van der Waals surface area (Å²) >= 11 is 5.64. The zero-order valence-corrected chi connectivity index (χ0v) is 12.3. The van der Waals surface area contributed by atoms with Gasteiger partial charge in [-0.1, -0.05) is 11.6 Å². The number of rotatable bonds is 4. The monoisotopic (exact) mass is 344 g/mol. The highest BCUT2D eigenvalue weighted by Gasteiger charge is 2.30. The molecule has 118 valence electrons. The van der Waals surface area contributed by atoms with Crippen molar-refractivity contribution in [2.24, 2.45) is 5.14 Å². The molecule has 3 N–H and O–H groups in total. The van der Waals surface area contributed by atoms with Gasteiger partial charge in [-0.05, 0) is 25.1 Å². The fourth-order valence-electron chi connectivity index (χ4n) is 1.57. The molecule has 0 aliphatic rings. The molecule has 1 amide bonds. The van der Waals surface area contributed by atoms with Gasteiger partial charge in [0.2, 0.25) is 10.0 Å². The van der Waals surface area contributed by atoms with Gasteiger partial charge in [-0.2, -0.15) is 13.2 Å². The molecule has 0 bridgehead atoms. The van der Waals surface area contributed by atoms with Gasteiger partial charge < -0.3 is 5.32 Å². The summed E-state index contributed by atoms with van der Waals surface area (Å²) in [6.07, 6.45) is -5.62. The topological polar surface area (TPSA) is 89.3 Å². The summed E-state index contributed by atoms with van der Waals surface area (Å²) < 4.78 is 59.0. The van der Waals surface area contributed by atoms with Crippen LogP contribution in [-0.4, -0.2) is 26.5 Å². The van der Waals surface area contributed by atoms with Crippen LogP contribution >= 0.6 is 11.6 Å². The third-order valence-corrected chi connectivity index (χ3v) is 3.81. The number of hydrogen-bond donors (Lipinski definition) is 2. The quantitative estimate of drug-likeness (QED) is 0.876. The van der Waals surface area contributed by atoms with Crippen LogP contribution in [0.3, 0.4) is 0 Å². The molecular formula is C11H12ClF3N2O3S. The number of nitrogens with one attached hydrogen (secondary N) is 1. The standard InChI is InChI=1S/C11H12ClF3N2O3S/c1-6(5-11(13,14)15)17-10(18)7-2-3-8(12)9(4-7)21(16,19)20/h2-4,6H,5H2,1H3,(H,17,18)(H2,16,19,20). The third kappa shape index (κ3) is 5.52. The number of nitrogens with two attached hydrogens (primary N) is 1. The summed E-state index contributed by atoms with van der Waals surface area (Å²) in [5.41, 5.74) is -0.155. The molecule has 0 radical (unpaired) electrons. The molecule has 1 rings (SSSR count). The van der Waals surface area contributed by atoms with E-state index in [0.717, 1.165) is 12.1 Å². The first-order valence-corrected chi connectivity index (χ1v) is 7.52. The molecule has 21 heavy (non-hydrogen) atoms. The van der Waals surface area contributed by atoms with Crippen molar-refractivity contribution in [3.05, 3.63) is 28.8 Å². The first kappa shape index (κ1) is 17.7. The van der Waals surface area contributed by atoms with E-state index in [-0.39, 0.29) is 10.6 Å². The molecule has 5 nitrogen and oxygen atoms in total.